The first kappa shape index (κ1) is 32.7. The standard InChI is InChI=1S/C31H34N2O5.2ClH/c1-31(2,18-22-14-15-23-8-3-4-9-24(23)16-22)33-19-26(34)20-36-27-11-7-10-25(17-27)30(35)38-21-37-29-13-6-5-12-28(29)32;;/h3-17,26,33-34H,18-21,32H2,1-2H3;2*1H/t26-;;/m1../s1. The third-order valence-corrected chi connectivity index (χ3v) is 6.11. The third kappa shape index (κ3) is 9.61. The molecule has 4 N–H and O–H groups in total. The van der Waals surface area contributed by atoms with Crippen LogP contribution in [0.5, 0.6) is 11.5 Å². The molecule has 0 saturated heterocycles. The molecule has 7 nitrogen and oxygen atoms in total. The second kappa shape index (κ2) is 15.3. The number of rotatable bonds is 12. The number of anilines is 1. The molecule has 0 heterocycles. The van der Waals surface area contributed by atoms with E-state index in [-0.39, 0.29) is 43.8 Å². The number of carbonyl (C=O) groups excluding carboxylic acids is 1. The smallest absolute Gasteiger partial charge is 0.341 e. The van der Waals surface area contributed by atoms with E-state index in [9.17, 15) is 9.90 Å². The maximum Gasteiger partial charge on any atom is 0.341 e. The van der Waals surface area contributed by atoms with E-state index < -0.39 is 12.1 Å². The minimum Gasteiger partial charge on any atom is -0.491 e. The van der Waals surface area contributed by atoms with E-state index in [1.54, 1.807) is 48.5 Å². The van der Waals surface area contributed by atoms with Crippen molar-refractivity contribution in [3.05, 3.63) is 102 Å². The quantitative estimate of drug-likeness (QED) is 0.109. The molecular formula is C31H36Cl2N2O5. The lowest BCUT2D eigenvalue weighted by Gasteiger charge is -2.28. The van der Waals surface area contributed by atoms with Gasteiger partial charge in [0.25, 0.3) is 0 Å². The van der Waals surface area contributed by atoms with Gasteiger partial charge in [0.15, 0.2) is 0 Å². The number of halogens is 2. The van der Waals surface area contributed by atoms with Crippen LogP contribution in [0.1, 0.15) is 29.8 Å². The summed E-state index contributed by atoms with van der Waals surface area (Å²) in [6.45, 7) is 4.40. The van der Waals surface area contributed by atoms with E-state index in [1.807, 2.05) is 12.1 Å². The Morgan fingerprint density at radius 3 is 2.40 bits per heavy atom. The fraction of sp³-hybridized carbons (Fsp3) is 0.258. The number of nitrogens with two attached hydrogens (primary N) is 1. The Balaban J connectivity index is 0.00000280. The number of carbonyl (C=O) groups is 1. The topological polar surface area (TPSA) is 103 Å². The van der Waals surface area contributed by atoms with Crippen molar-refractivity contribution in [1.82, 2.24) is 5.32 Å². The Morgan fingerprint density at radius 2 is 1.62 bits per heavy atom. The molecule has 9 heteroatoms. The SMILES string of the molecule is CC(C)(Cc1ccc2ccccc2c1)NC[C@@H](O)COc1cccc(C(=O)OCOc2ccccc2N)c1.Cl.Cl. The van der Waals surface area contributed by atoms with Gasteiger partial charge in [-0.3, -0.25) is 0 Å². The van der Waals surface area contributed by atoms with Gasteiger partial charge in [-0.1, -0.05) is 60.7 Å². The molecule has 0 aliphatic carbocycles. The first-order valence-electron chi connectivity index (χ1n) is 12.6. The number of para-hydroxylation sites is 2. The summed E-state index contributed by atoms with van der Waals surface area (Å²) in [7, 11) is 0. The van der Waals surface area contributed by atoms with Crippen molar-refractivity contribution in [3.8, 4) is 11.5 Å². The Labute approximate surface area is 247 Å². The van der Waals surface area contributed by atoms with Crippen LogP contribution < -0.4 is 20.5 Å². The molecule has 40 heavy (non-hydrogen) atoms. The molecule has 4 aromatic rings. The van der Waals surface area contributed by atoms with E-state index in [4.69, 9.17) is 19.9 Å². The van der Waals surface area contributed by atoms with Gasteiger partial charge in [0.05, 0.1) is 11.3 Å². The summed E-state index contributed by atoms with van der Waals surface area (Å²) in [6.07, 6.45) is 0.0853. The van der Waals surface area contributed by atoms with Crippen molar-refractivity contribution in [2.75, 3.05) is 25.7 Å². The van der Waals surface area contributed by atoms with Crippen molar-refractivity contribution in [3.63, 3.8) is 0 Å². The summed E-state index contributed by atoms with van der Waals surface area (Å²) in [5, 5.41) is 16.4. The number of fused-ring (bicyclic) bond motifs is 1. The lowest BCUT2D eigenvalue weighted by molar-refractivity contribution is 0.0155. The van der Waals surface area contributed by atoms with Crippen LogP contribution in [0, 0.1) is 0 Å². The van der Waals surface area contributed by atoms with Crippen molar-refractivity contribution in [2.24, 2.45) is 0 Å². The molecule has 0 spiro atoms. The van der Waals surface area contributed by atoms with E-state index in [0.29, 0.717) is 29.3 Å². The molecule has 0 fully saturated rings. The molecule has 0 radical (unpaired) electrons. The monoisotopic (exact) mass is 586 g/mol. The lowest BCUT2D eigenvalue weighted by Crippen LogP contribution is -2.46. The zero-order valence-corrected chi connectivity index (χ0v) is 24.2. The number of aliphatic hydroxyl groups is 1. The zero-order chi connectivity index (χ0) is 27.0. The number of esters is 1. The van der Waals surface area contributed by atoms with Gasteiger partial charge in [-0.15, -0.1) is 24.8 Å². The minimum absolute atomic E-state index is 0. The molecule has 0 aliphatic heterocycles. The number of nitrogens with one attached hydrogen (secondary N) is 1. The summed E-state index contributed by atoms with van der Waals surface area (Å²) in [4.78, 5) is 12.4. The number of aliphatic hydroxyl groups excluding tert-OH is 1. The van der Waals surface area contributed by atoms with Crippen molar-refractivity contribution in [2.45, 2.75) is 31.9 Å². The molecule has 0 aliphatic rings. The van der Waals surface area contributed by atoms with Crippen LogP contribution in [-0.4, -0.2) is 42.7 Å². The van der Waals surface area contributed by atoms with Crippen molar-refractivity contribution in [1.29, 1.82) is 0 Å². The number of hydrogen-bond acceptors (Lipinski definition) is 7. The molecule has 4 rings (SSSR count). The maximum absolute atomic E-state index is 12.4. The second-order valence-corrected chi connectivity index (χ2v) is 9.85. The van der Waals surface area contributed by atoms with Gasteiger partial charge in [0, 0.05) is 12.1 Å². The second-order valence-electron chi connectivity index (χ2n) is 9.85. The Kier molecular flexibility index (Phi) is 12.5. The highest BCUT2D eigenvalue weighted by Gasteiger charge is 2.20. The summed E-state index contributed by atoms with van der Waals surface area (Å²) in [5.74, 6) is 0.352. The Bertz CT molecular complexity index is 1380. The predicted molar refractivity (Wildman–Crippen MR) is 164 cm³/mol. The van der Waals surface area contributed by atoms with Gasteiger partial charge >= 0.3 is 5.97 Å². The van der Waals surface area contributed by atoms with Crippen LogP contribution in [0.4, 0.5) is 5.69 Å². The van der Waals surface area contributed by atoms with Gasteiger partial charge in [0.2, 0.25) is 6.79 Å². The highest BCUT2D eigenvalue weighted by molar-refractivity contribution is 5.89. The van der Waals surface area contributed by atoms with Crippen LogP contribution >= 0.6 is 24.8 Å². The fourth-order valence-electron chi connectivity index (χ4n) is 4.12. The average Bonchev–Trinajstić information content (AvgIpc) is 2.91. The number of ether oxygens (including phenoxy) is 3. The molecule has 4 aromatic carbocycles. The fourth-order valence-corrected chi connectivity index (χ4v) is 4.12. The highest BCUT2D eigenvalue weighted by Crippen LogP contribution is 2.21. The summed E-state index contributed by atoms with van der Waals surface area (Å²) in [6, 6.07) is 28.4. The van der Waals surface area contributed by atoms with Crippen molar-refractivity contribution >= 4 is 47.2 Å². The van der Waals surface area contributed by atoms with Crippen LogP contribution in [-0.2, 0) is 11.2 Å². The summed E-state index contributed by atoms with van der Waals surface area (Å²) >= 11 is 0. The lowest BCUT2D eigenvalue weighted by atomic mass is 9.93. The van der Waals surface area contributed by atoms with Crippen molar-refractivity contribution < 1.29 is 24.1 Å². The van der Waals surface area contributed by atoms with E-state index >= 15 is 0 Å². The molecule has 1 atom stereocenters. The zero-order valence-electron chi connectivity index (χ0n) is 22.5. The summed E-state index contributed by atoms with van der Waals surface area (Å²) < 4.78 is 16.3. The molecule has 0 unspecified atom stereocenters. The number of benzene rings is 4. The number of hydrogen-bond donors (Lipinski definition) is 3. The molecule has 214 valence electrons. The predicted octanol–water partition coefficient (Wildman–Crippen LogP) is 5.81. The van der Waals surface area contributed by atoms with Gasteiger partial charge in [-0.25, -0.2) is 4.79 Å². The van der Waals surface area contributed by atoms with E-state index in [1.165, 1.54) is 16.3 Å². The average molecular weight is 588 g/mol. The highest BCUT2D eigenvalue weighted by atomic mass is 35.5. The van der Waals surface area contributed by atoms with Gasteiger partial charge in [-0.2, -0.15) is 0 Å². The van der Waals surface area contributed by atoms with Gasteiger partial charge in [-0.05, 0) is 66.9 Å². The molecular weight excluding hydrogens is 551 g/mol. The van der Waals surface area contributed by atoms with Crippen LogP contribution in [0.3, 0.4) is 0 Å². The van der Waals surface area contributed by atoms with Gasteiger partial charge in [0.1, 0.15) is 24.2 Å². The third-order valence-electron chi connectivity index (χ3n) is 6.11. The molecule has 0 bridgehead atoms. The first-order valence-corrected chi connectivity index (χ1v) is 12.6. The van der Waals surface area contributed by atoms with Crippen LogP contribution in [0.15, 0.2) is 91.0 Å². The molecule has 0 aromatic heterocycles. The summed E-state index contributed by atoms with van der Waals surface area (Å²) in [5.41, 5.74) is 7.60. The first-order chi connectivity index (χ1) is 18.3. The molecule has 0 amide bonds. The molecule has 0 saturated carbocycles. The number of nitrogen functional groups attached to an aromatic ring is 1. The normalized spacial score (nSPS) is 11.6. The maximum atomic E-state index is 12.4. The Morgan fingerprint density at radius 1 is 0.900 bits per heavy atom. The van der Waals surface area contributed by atoms with E-state index in [0.717, 1.165) is 6.42 Å². The Hall–Kier alpha value is -3.49. The van der Waals surface area contributed by atoms with Gasteiger partial charge < -0.3 is 30.4 Å². The van der Waals surface area contributed by atoms with Crippen LogP contribution in [0.25, 0.3) is 10.8 Å². The largest absolute Gasteiger partial charge is 0.491 e. The number of β-amino-alcohol motifs (C(OH)–C–C–N with tert-alkyl or cyclic N) is 1. The minimum atomic E-state index is -0.730. The van der Waals surface area contributed by atoms with E-state index in [2.05, 4.69) is 49.5 Å². The van der Waals surface area contributed by atoms with Crippen LogP contribution in [0.2, 0.25) is 0 Å².